The first kappa shape index (κ1) is 12.9. The second kappa shape index (κ2) is 4.76. The molecule has 3 aromatic rings. The van der Waals surface area contributed by atoms with Gasteiger partial charge < -0.3 is 4.57 Å². The Labute approximate surface area is 120 Å². The normalized spacial score (nSPS) is 11.2. The molecule has 5 nitrogen and oxygen atoms in total. The van der Waals surface area contributed by atoms with Crippen molar-refractivity contribution in [3.63, 3.8) is 0 Å². The lowest BCUT2D eigenvalue weighted by Gasteiger charge is -2.08. The summed E-state index contributed by atoms with van der Waals surface area (Å²) in [5.74, 6) is 0.798. The Hall–Kier alpha value is -2.14. The van der Waals surface area contributed by atoms with Gasteiger partial charge in [0.15, 0.2) is 0 Å². The maximum Gasteiger partial charge on any atom is 0.261 e. The number of nitrogens with zero attached hydrogens (tertiary/aromatic N) is 4. The molecule has 0 aliphatic carbocycles. The number of benzene rings is 1. The van der Waals surface area contributed by atoms with E-state index in [1.165, 1.54) is 0 Å². The van der Waals surface area contributed by atoms with Gasteiger partial charge in [0.05, 0.1) is 23.8 Å². The van der Waals surface area contributed by atoms with E-state index in [1.54, 1.807) is 29.2 Å². The van der Waals surface area contributed by atoms with Gasteiger partial charge in [0.2, 0.25) is 0 Å². The van der Waals surface area contributed by atoms with E-state index in [1.807, 2.05) is 24.7 Å². The number of imidazole rings is 1. The van der Waals surface area contributed by atoms with Crippen molar-refractivity contribution in [2.75, 3.05) is 0 Å². The highest BCUT2D eigenvalue weighted by molar-refractivity contribution is 6.31. The smallest absolute Gasteiger partial charge is 0.261 e. The molecule has 102 valence electrons. The maximum atomic E-state index is 12.5. The molecule has 0 spiro atoms. The van der Waals surface area contributed by atoms with Crippen LogP contribution in [0.15, 0.2) is 35.6 Å². The number of rotatable bonds is 2. The Morgan fingerprint density at radius 2 is 2.10 bits per heavy atom. The molecule has 0 N–H and O–H groups in total. The fourth-order valence-electron chi connectivity index (χ4n) is 2.22. The number of hydrogen-bond donors (Lipinski definition) is 0. The molecule has 0 amide bonds. The van der Waals surface area contributed by atoms with Crippen molar-refractivity contribution in [1.29, 1.82) is 0 Å². The predicted molar refractivity (Wildman–Crippen MR) is 78.1 cm³/mol. The molecule has 20 heavy (non-hydrogen) atoms. The average molecular weight is 289 g/mol. The third kappa shape index (κ3) is 2.10. The summed E-state index contributed by atoms with van der Waals surface area (Å²) in [4.78, 5) is 21.1. The zero-order valence-corrected chi connectivity index (χ0v) is 11.9. The average Bonchev–Trinajstić information content (AvgIpc) is 2.79. The first-order valence-corrected chi connectivity index (χ1v) is 6.55. The Bertz CT molecular complexity index is 850. The van der Waals surface area contributed by atoms with Crippen molar-refractivity contribution >= 4 is 22.5 Å². The number of aryl methyl sites for hydroxylation is 2. The van der Waals surface area contributed by atoms with Crippen molar-refractivity contribution in [1.82, 2.24) is 19.1 Å². The minimum Gasteiger partial charge on any atom is -0.337 e. The molecule has 0 bridgehead atoms. The molecule has 1 aromatic carbocycles. The Kier molecular flexibility index (Phi) is 3.06. The van der Waals surface area contributed by atoms with Crippen LogP contribution in [-0.4, -0.2) is 19.1 Å². The lowest BCUT2D eigenvalue weighted by atomic mass is 10.1. The molecule has 0 atom stereocenters. The van der Waals surface area contributed by atoms with E-state index in [9.17, 15) is 4.79 Å². The van der Waals surface area contributed by atoms with E-state index in [2.05, 4.69) is 9.97 Å². The summed E-state index contributed by atoms with van der Waals surface area (Å²) in [6, 6.07) is 3.47. The van der Waals surface area contributed by atoms with Crippen LogP contribution in [0.5, 0.6) is 0 Å². The first-order valence-electron chi connectivity index (χ1n) is 6.18. The second-order valence-electron chi connectivity index (χ2n) is 4.75. The van der Waals surface area contributed by atoms with Gasteiger partial charge in [0, 0.05) is 24.5 Å². The van der Waals surface area contributed by atoms with Crippen LogP contribution in [0, 0.1) is 6.92 Å². The molecule has 2 heterocycles. The lowest BCUT2D eigenvalue weighted by molar-refractivity contribution is 0.673. The first-order chi connectivity index (χ1) is 9.56. The molecular formula is C14H13ClN4O. The monoisotopic (exact) mass is 288 g/mol. The minimum absolute atomic E-state index is 0.108. The summed E-state index contributed by atoms with van der Waals surface area (Å²) in [7, 11) is 1.89. The standard InChI is InChI=1S/C14H13ClN4O/c1-9-5-10(15)6-11-13(9)17-8-19(14(11)20)7-12-16-3-4-18(12)2/h3-6,8H,7H2,1-2H3. The summed E-state index contributed by atoms with van der Waals surface area (Å²) in [6.45, 7) is 2.28. The van der Waals surface area contributed by atoms with E-state index in [0.717, 1.165) is 11.4 Å². The van der Waals surface area contributed by atoms with Crippen LogP contribution in [0.1, 0.15) is 11.4 Å². The van der Waals surface area contributed by atoms with Gasteiger partial charge in [-0.25, -0.2) is 9.97 Å². The van der Waals surface area contributed by atoms with E-state index >= 15 is 0 Å². The molecule has 2 aromatic heterocycles. The molecule has 0 aliphatic heterocycles. The number of aromatic nitrogens is 4. The van der Waals surface area contributed by atoms with Crippen LogP contribution < -0.4 is 5.56 Å². The highest BCUT2D eigenvalue weighted by atomic mass is 35.5. The molecule has 0 saturated carbocycles. The SMILES string of the molecule is Cc1cc(Cl)cc2c(=O)n(Cc3nccn3C)cnc12. The van der Waals surface area contributed by atoms with Crippen molar-refractivity contribution in [2.24, 2.45) is 7.05 Å². The molecule has 0 unspecified atom stereocenters. The highest BCUT2D eigenvalue weighted by Crippen LogP contribution is 2.19. The van der Waals surface area contributed by atoms with E-state index in [-0.39, 0.29) is 5.56 Å². The zero-order chi connectivity index (χ0) is 14.3. The summed E-state index contributed by atoms with van der Waals surface area (Å²) in [5.41, 5.74) is 1.48. The van der Waals surface area contributed by atoms with Crippen molar-refractivity contribution in [3.8, 4) is 0 Å². The van der Waals surface area contributed by atoms with Crippen LogP contribution in [0.2, 0.25) is 5.02 Å². The maximum absolute atomic E-state index is 12.5. The summed E-state index contributed by atoms with van der Waals surface area (Å²) >= 11 is 6.02. The molecule has 0 fully saturated rings. The highest BCUT2D eigenvalue weighted by Gasteiger charge is 2.09. The molecule has 0 saturated heterocycles. The third-order valence-corrected chi connectivity index (χ3v) is 3.53. The van der Waals surface area contributed by atoms with E-state index < -0.39 is 0 Å². The largest absolute Gasteiger partial charge is 0.337 e. The number of halogens is 1. The van der Waals surface area contributed by atoms with Crippen molar-refractivity contribution in [3.05, 3.63) is 57.6 Å². The van der Waals surface area contributed by atoms with Gasteiger partial charge in [-0.15, -0.1) is 0 Å². The van der Waals surface area contributed by atoms with Crippen LogP contribution in [0.25, 0.3) is 10.9 Å². The van der Waals surface area contributed by atoms with Gasteiger partial charge in [-0.2, -0.15) is 0 Å². The molecule has 6 heteroatoms. The topological polar surface area (TPSA) is 52.7 Å². The molecule has 3 rings (SSSR count). The summed E-state index contributed by atoms with van der Waals surface area (Å²) in [5, 5.41) is 1.08. The summed E-state index contributed by atoms with van der Waals surface area (Å²) < 4.78 is 3.42. The van der Waals surface area contributed by atoms with E-state index in [0.29, 0.717) is 22.5 Å². The van der Waals surface area contributed by atoms with Crippen molar-refractivity contribution < 1.29 is 0 Å². The van der Waals surface area contributed by atoms with Gasteiger partial charge in [-0.1, -0.05) is 11.6 Å². The fraction of sp³-hybridized carbons (Fsp3) is 0.214. The van der Waals surface area contributed by atoms with Gasteiger partial charge in [-0.3, -0.25) is 9.36 Å². The van der Waals surface area contributed by atoms with Gasteiger partial charge in [0.1, 0.15) is 5.82 Å². The predicted octanol–water partition coefficient (Wildman–Crippen LogP) is 2.14. The molecule has 0 radical (unpaired) electrons. The Morgan fingerprint density at radius 1 is 1.30 bits per heavy atom. The minimum atomic E-state index is -0.108. The van der Waals surface area contributed by atoms with Gasteiger partial charge >= 0.3 is 0 Å². The van der Waals surface area contributed by atoms with E-state index in [4.69, 9.17) is 11.6 Å². The number of hydrogen-bond acceptors (Lipinski definition) is 3. The lowest BCUT2D eigenvalue weighted by Crippen LogP contribution is -2.22. The van der Waals surface area contributed by atoms with Gasteiger partial charge in [0.25, 0.3) is 5.56 Å². The second-order valence-corrected chi connectivity index (χ2v) is 5.19. The molecular weight excluding hydrogens is 276 g/mol. The zero-order valence-electron chi connectivity index (χ0n) is 11.2. The van der Waals surface area contributed by atoms with Crippen LogP contribution in [0.4, 0.5) is 0 Å². The van der Waals surface area contributed by atoms with Crippen LogP contribution in [0.3, 0.4) is 0 Å². The number of fused-ring (bicyclic) bond motifs is 1. The summed E-state index contributed by atoms with van der Waals surface area (Å²) in [6.07, 6.45) is 5.10. The quantitative estimate of drug-likeness (QED) is 0.726. The van der Waals surface area contributed by atoms with Crippen LogP contribution in [-0.2, 0) is 13.6 Å². The Balaban J connectivity index is 2.17. The fourth-order valence-corrected chi connectivity index (χ4v) is 2.49. The third-order valence-electron chi connectivity index (χ3n) is 3.32. The van der Waals surface area contributed by atoms with Crippen LogP contribution >= 0.6 is 11.6 Å². The molecule has 0 aliphatic rings. The Morgan fingerprint density at radius 3 is 2.80 bits per heavy atom. The van der Waals surface area contributed by atoms with Gasteiger partial charge in [-0.05, 0) is 24.6 Å². The van der Waals surface area contributed by atoms with Crippen molar-refractivity contribution in [2.45, 2.75) is 13.5 Å².